The lowest BCUT2D eigenvalue weighted by Crippen LogP contribution is -1.97. The summed E-state index contributed by atoms with van der Waals surface area (Å²) in [4.78, 5) is 0. The molecule has 1 nitrogen and oxygen atoms in total. The predicted octanol–water partition coefficient (Wildman–Crippen LogP) is 6.49. The van der Waals surface area contributed by atoms with Crippen LogP contribution in [0.25, 0.3) is 10.8 Å². The van der Waals surface area contributed by atoms with Gasteiger partial charge in [-0.1, -0.05) is 57.3 Å². The number of hydrogen-bond acceptors (Lipinski definition) is 1. The minimum Gasteiger partial charge on any atom is -0.489 e. The molecule has 0 amide bonds. The molecule has 4 heteroatoms. The summed E-state index contributed by atoms with van der Waals surface area (Å²) in [6, 6.07) is 17.6. The second-order valence-electron chi connectivity index (χ2n) is 4.64. The molecule has 21 heavy (non-hydrogen) atoms. The largest absolute Gasteiger partial charge is 0.489 e. The van der Waals surface area contributed by atoms with Gasteiger partial charge in [0.2, 0.25) is 0 Å². The van der Waals surface area contributed by atoms with Gasteiger partial charge in [0.05, 0.1) is 0 Å². The van der Waals surface area contributed by atoms with Crippen LogP contribution in [0, 0.1) is 0 Å². The number of halogens is 3. The minimum absolute atomic E-state index is 0.348. The molecule has 3 rings (SSSR count). The first-order chi connectivity index (χ1) is 10.1. The van der Waals surface area contributed by atoms with Crippen LogP contribution in [-0.2, 0) is 6.61 Å². The first-order valence-corrected chi connectivity index (χ1v) is 7.93. The standard InChI is InChI=1S/C17H11BrCl2O/c18-13-6-4-12-9-14(7-5-11(12)8-13)21-10-15-16(19)2-1-3-17(15)20/h1-9H,10H2. The fourth-order valence-electron chi connectivity index (χ4n) is 2.11. The molecule has 3 aromatic carbocycles. The third-order valence-corrected chi connectivity index (χ3v) is 4.42. The Morgan fingerprint density at radius 3 is 2.29 bits per heavy atom. The van der Waals surface area contributed by atoms with Crippen LogP contribution in [0.15, 0.2) is 59.1 Å². The van der Waals surface area contributed by atoms with Crippen molar-refractivity contribution < 1.29 is 4.74 Å². The molecule has 0 spiro atoms. The zero-order valence-corrected chi connectivity index (χ0v) is 14.0. The zero-order chi connectivity index (χ0) is 14.8. The van der Waals surface area contributed by atoms with Crippen LogP contribution in [0.4, 0.5) is 0 Å². The molecule has 0 radical (unpaired) electrons. The second kappa shape index (κ2) is 6.27. The van der Waals surface area contributed by atoms with Crippen LogP contribution >= 0.6 is 39.1 Å². The van der Waals surface area contributed by atoms with Gasteiger partial charge in [-0.2, -0.15) is 0 Å². The Bertz CT molecular complexity index is 782. The van der Waals surface area contributed by atoms with Crippen LogP contribution in [0.5, 0.6) is 5.75 Å². The molecule has 0 aliphatic heterocycles. The summed E-state index contributed by atoms with van der Waals surface area (Å²) in [6.07, 6.45) is 0. The van der Waals surface area contributed by atoms with Gasteiger partial charge in [-0.25, -0.2) is 0 Å². The number of rotatable bonds is 3. The minimum atomic E-state index is 0.348. The van der Waals surface area contributed by atoms with Gasteiger partial charge in [0.25, 0.3) is 0 Å². The Hall–Kier alpha value is -1.22. The molecular weight excluding hydrogens is 371 g/mol. The van der Waals surface area contributed by atoms with Gasteiger partial charge < -0.3 is 4.74 Å². The average Bonchev–Trinajstić information content (AvgIpc) is 2.47. The van der Waals surface area contributed by atoms with E-state index in [2.05, 4.69) is 28.1 Å². The van der Waals surface area contributed by atoms with Crippen LogP contribution in [-0.4, -0.2) is 0 Å². The Morgan fingerprint density at radius 1 is 0.857 bits per heavy atom. The molecule has 0 unspecified atom stereocenters. The van der Waals surface area contributed by atoms with Crippen molar-refractivity contribution in [3.05, 3.63) is 74.7 Å². The van der Waals surface area contributed by atoms with Gasteiger partial charge in [-0.3, -0.25) is 0 Å². The van der Waals surface area contributed by atoms with E-state index in [0.29, 0.717) is 16.7 Å². The fourth-order valence-corrected chi connectivity index (χ4v) is 3.00. The molecule has 0 heterocycles. The summed E-state index contributed by atoms with van der Waals surface area (Å²) in [7, 11) is 0. The lowest BCUT2D eigenvalue weighted by Gasteiger charge is -2.10. The number of hydrogen-bond donors (Lipinski definition) is 0. The maximum absolute atomic E-state index is 6.14. The van der Waals surface area contributed by atoms with E-state index in [9.17, 15) is 0 Å². The predicted molar refractivity (Wildman–Crippen MR) is 92.4 cm³/mol. The van der Waals surface area contributed by atoms with Crippen molar-refractivity contribution in [3.63, 3.8) is 0 Å². The fraction of sp³-hybridized carbons (Fsp3) is 0.0588. The van der Waals surface area contributed by atoms with Crippen LogP contribution in [0.2, 0.25) is 10.0 Å². The number of benzene rings is 3. The topological polar surface area (TPSA) is 9.23 Å². The van der Waals surface area contributed by atoms with E-state index in [1.807, 2.05) is 42.5 Å². The lowest BCUT2D eigenvalue weighted by molar-refractivity contribution is 0.307. The molecule has 106 valence electrons. The van der Waals surface area contributed by atoms with Crippen molar-refractivity contribution in [2.75, 3.05) is 0 Å². The van der Waals surface area contributed by atoms with Gasteiger partial charge >= 0.3 is 0 Å². The molecule has 0 saturated carbocycles. The van der Waals surface area contributed by atoms with Crippen molar-refractivity contribution in [1.29, 1.82) is 0 Å². The van der Waals surface area contributed by atoms with Gasteiger partial charge in [-0.15, -0.1) is 0 Å². The highest BCUT2D eigenvalue weighted by Crippen LogP contribution is 2.28. The molecule has 0 aromatic heterocycles. The molecule has 0 saturated heterocycles. The van der Waals surface area contributed by atoms with Gasteiger partial charge in [0, 0.05) is 20.1 Å². The molecule has 0 aliphatic carbocycles. The van der Waals surface area contributed by atoms with E-state index < -0.39 is 0 Å². The van der Waals surface area contributed by atoms with Crippen LogP contribution in [0.1, 0.15) is 5.56 Å². The highest BCUT2D eigenvalue weighted by atomic mass is 79.9. The normalized spacial score (nSPS) is 10.8. The molecule has 0 N–H and O–H groups in total. The van der Waals surface area contributed by atoms with Crippen molar-refractivity contribution in [2.45, 2.75) is 6.61 Å². The summed E-state index contributed by atoms with van der Waals surface area (Å²) in [5.41, 5.74) is 0.803. The van der Waals surface area contributed by atoms with Crippen molar-refractivity contribution in [3.8, 4) is 5.75 Å². The monoisotopic (exact) mass is 380 g/mol. The third kappa shape index (κ3) is 3.34. The summed E-state index contributed by atoms with van der Waals surface area (Å²) < 4.78 is 6.87. The summed E-state index contributed by atoms with van der Waals surface area (Å²) in [6.45, 7) is 0.348. The Morgan fingerprint density at radius 2 is 1.52 bits per heavy atom. The maximum atomic E-state index is 6.14. The second-order valence-corrected chi connectivity index (χ2v) is 6.37. The van der Waals surface area contributed by atoms with E-state index in [4.69, 9.17) is 27.9 Å². The highest BCUT2D eigenvalue weighted by Gasteiger charge is 2.06. The number of ether oxygens (including phenoxy) is 1. The van der Waals surface area contributed by atoms with Gasteiger partial charge in [0.1, 0.15) is 12.4 Å². The first kappa shape index (κ1) is 14.7. The van der Waals surface area contributed by atoms with E-state index in [-0.39, 0.29) is 0 Å². The van der Waals surface area contributed by atoms with Crippen LogP contribution in [0.3, 0.4) is 0 Å². The molecule has 3 aromatic rings. The Balaban J connectivity index is 1.84. The SMILES string of the molecule is Clc1cccc(Cl)c1COc1ccc2cc(Br)ccc2c1. The smallest absolute Gasteiger partial charge is 0.120 e. The van der Waals surface area contributed by atoms with Gasteiger partial charge in [-0.05, 0) is 47.2 Å². The molecule has 0 atom stereocenters. The van der Waals surface area contributed by atoms with Gasteiger partial charge in [0.15, 0.2) is 0 Å². The lowest BCUT2D eigenvalue weighted by atomic mass is 10.1. The molecule has 0 aliphatic rings. The third-order valence-electron chi connectivity index (χ3n) is 3.22. The van der Waals surface area contributed by atoms with Crippen molar-refractivity contribution in [1.82, 2.24) is 0 Å². The van der Waals surface area contributed by atoms with Crippen molar-refractivity contribution >= 4 is 49.9 Å². The summed E-state index contributed by atoms with van der Waals surface area (Å²) >= 11 is 15.7. The maximum Gasteiger partial charge on any atom is 0.120 e. The van der Waals surface area contributed by atoms with Crippen molar-refractivity contribution in [2.24, 2.45) is 0 Å². The highest BCUT2D eigenvalue weighted by molar-refractivity contribution is 9.10. The molecule has 0 bridgehead atoms. The summed E-state index contributed by atoms with van der Waals surface area (Å²) in [5, 5.41) is 3.52. The van der Waals surface area contributed by atoms with E-state index >= 15 is 0 Å². The Kier molecular flexibility index (Phi) is 4.39. The van der Waals surface area contributed by atoms with E-state index in [1.54, 1.807) is 0 Å². The van der Waals surface area contributed by atoms with Crippen LogP contribution < -0.4 is 4.74 Å². The zero-order valence-electron chi connectivity index (χ0n) is 10.9. The van der Waals surface area contributed by atoms with E-state index in [0.717, 1.165) is 26.6 Å². The quantitative estimate of drug-likeness (QED) is 0.503. The Labute approximate surface area is 141 Å². The number of fused-ring (bicyclic) bond motifs is 1. The average molecular weight is 382 g/mol. The first-order valence-electron chi connectivity index (χ1n) is 6.38. The van der Waals surface area contributed by atoms with E-state index in [1.165, 1.54) is 0 Å². The molecule has 0 fully saturated rings. The molecular formula is C17H11BrCl2O. The summed E-state index contributed by atoms with van der Waals surface area (Å²) in [5.74, 6) is 0.792.